The van der Waals surface area contributed by atoms with E-state index in [1.165, 1.54) is 70.3 Å². The van der Waals surface area contributed by atoms with Crippen molar-refractivity contribution in [3.05, 3.63) is 18.0 Å². The predicted octanol–water partition coefficient (Wildman–Crippen LogP) is 2.57. The van der Waals surface area contributed by atoms with Gasteiger partial charge in [0.15, 0.2) is 0 Å². The van der Waals surface area contributed by atoms with Crippen LogP contribution in [0.3, 0.4) is 0 Å². The molecule has 3 heterocycles. The third-order valence-electron chi connectivity index (χ3n) is 5.77. The lowest BCUT2D eigenvalue weighted by Gasteiger charge is -2.36. The summed E-state index contributed by atoms with van der Waals surface area (Å²) < 4.78 is 2.25. The number of likely N-dealkylation sites (tertiary alicyclic amines) is 1. The van der Waals surface area contributed by atoms with E-state index in [9.17, 15) is 0 Å². The first-order valence-corrected chi connectivity index (χ1v) is 8.89. The maximum atomic E-state index is 4.90. The molecule has 0 aromatic carbocycles. The normalized spacial score (nSPS) is 31.4. The van der Waals surface area contributed by atoms with Crippen LogP contribution in [0.5, 0.6) is 0 Å². The van der Waals surface area contributed by atoms with E-state index in [2.05, 4.69) is 27.2 Å². The predicted molar refractivity (Wildman–Crippen MR) is 84.1 cm³/mol. The van der Waals surface area contributed by atoms with E-state index in [1.807, 2.05) is 0 Å². The zero-order valence-corrected chi connectivity index (χ0v) is 13.0. The zero-order valence-electron chi connectivity index (χ0n) is 13.0. The lowest BCUT2D eigenvalue weighted by molar-refractivity contribution is 0.115. The monoisotopic (exact) mass is 288 g/mol. The minimum absolute atomic E-state index is 0.662. The summed E-state index contributed by atoms with van der Waals surface area (Å²) in [7, 11) is 0. The lowest BCUT2D eigenvalue weighted by Crippen LogP contribution is -2.44. The van der Waals surface area contributed by atoms with E-state index in [4.69, 9.17) is 5.10 Å². The average molecular weight is 288 g/mol. The Kier molecular flexibility index (Phi) is 3.99. The van der Waals surface area contributed by atoms with Crippen molar-refractivity contribution in [3.8, 4) is 0 Å². The molecule has 1 aromatic heterocycles. The van der Waals surface area contributed by atoms with Crippen LogP contribution in [-0.2, 0) is 6.54 Å². The molecule has 1 aliphatic carbocycles. The third kappa shape index (κ3) is 2.88. The molecular weight excluding hydrogens is 260 g/mol. The van der Waals surface area contributed by atoms with Gasteiger partial charge in [-0.25, -0.2) is 0 Å². The number of nitrogens with zero attached hydrogens (tertiary/aromatic N) is 3. The molecule has 1 aromatic rings. The number of piperidine rings is 1. The molecular formula is C17H28N4. The maximum Gasteiger partial charge on any atom is 0.0765 e. The average Bonchev–Trinajstić information content (AvgIpc) is 3.17. The molecule has 3 aliphatic rings. The molecule has 0 amide bonds. The molecule has 4 rings (SSSR count). The van der Waals surface area contributed by atoms with Gasteiger partial charge in [-0.2, -0.15) is 5.10 Å². The smallest absolute Gasteiger partial charge is 0.0765 e. The molecule has 1 saturated carbocycles. The topological polar surface area (TPSA) is 33.1 Å². The van der Waals surface area contributed by atoms with E-state index >= 15 is 0 Å². The summed E-state index contributed by atoms with van der Waals surface area (Å²) in [6.07, 6.45) is 11.8. The number of fused-ring (bicyclic) bond motifs is 1. The fraction of sp³-hybridized carbons (Fsp3) is 0.824. The molecule has 4 nitrogen and oxygen atoms in total. The van der Waals surface area contributed by atoms with Gasteiger partial charge >= 0.3 is 0 Å². The van der Waals surface area contributed by atoms with Gasteiger partial charge in [-0.3, -0.25) is 9.58 Å². The Morgan fingerprint density at radius 2 is 2.00 bits per heavy atom. The van der Waals surface area contributed by atoms with E-state index < -0.39 is 0 Å². The quantitative estimate of drug-likeness (QED) is 0.928. The van der Waals surface area contributed by atoms with E-state index in [0.29, 0.717) is 6.04 Å². The lowest BCUT2D eigenvalue weighted by atomic mass is 9.92. The second kappa shape index (κ2) is 6.09. The van der Waals surface area contributed by atoms with Gasteiger partial charge in [-0.05, 0) is 50.8 Å². The molecule has 2 saturated heterocycles. The second-order valence-electron chi connectivity index (χ2n) is 7.18. The van der Waals surface area contributed by atoms with Crippen LogP contribution < -0.4 is 5.32 Å². The van der Waals surface area contributed by atoms with Crippen molar-refractivity contribution in [1.82, 2.24) is 20.0 Å². The molecule has 2 aliphatic heterocycles. The first-order chi connectivity index (χ1) is 10.4. The van der Waals surface area contributed by atoms with Crippen molar-refractivity contribution in [3.63, 3.8) is 0 Å². The van der Waals surface area contributed by atoms with Crippen molar-refractivity contribution >= 4 is 0 Å². The largest absolute Gasteiger partial charge is 0.315 e. The van der Waals surface area contributed by atoms with Crippen LogP contribution in [0.15, 0.2) is 12.3 Å². The van der Waals surface area contributed by atoms with E-state index in [1.54, 1.807) is 0 Å². The summed E-state index contributed by atoms with van der Waals surface area (Å²) >= 11 is 0. The Balaban J connectivity index is 1.41. The van der Waals surface area contributed by atoms with Crippen molar-refractivity contribution < 1.29 is 0 Å². The van der Waals surface area contributed by atoms with Gasteiger partial charge < -0.3 is 5.32 Å². The van der Waals surface area contributed by atoms with Crippen molar-refractivity contribution in [2.45, 2.75) is 63.6 Å². The highest BCUT2D eigenvalue weighted by atomic mass is 15.3. The molecule has 1 N–H and O–H groups in total. The van der Waals surface area contributed by atoms with Gasteiger partial charge in [0, 0.05) is 25.3 Å². The first kappa shape index (κ1) is 13.8. The van der Waals surface area contributed by atoms with Crippen LogP contribution in [0.4, 0.5) is 0 Å². The van der Waals surface area contributed by atoms with Crippen LogP contribution in [0.2, 0.25) is 0 Å². The number of nitrogens with one attached hydrogen (secondary N) is 1. The number of aromatic nitrogens is 2. The minimum Gasteiger partial charge on any atom is -0.315 e. The molecule has 0 radical (unpaired) electrons. The van der Waals surface area contributed by atoms with Crippen LogP contribution in [-0.4, -0.2) is 40.4 Å². The van der Waals surface area contributed by atoms with Gasteiger partial charge in [0.25, 0.3) is 0 Å². The van der Waals surface area contributed by atoms with Crippen LogP contribution in [0.1, 0.15) is 56.7 Å². The summed E-state index contributed by atoms with van der Waals surface area (Å²) in [5.74, 6) is 0.874. The van der Waals surface area contributed by atoms with Crippen LogP contribution in [0, 0.1) is 5.92 Å². The van der Waals surface area contributed by atoms with Crippen molar-refractivity contribution in [2.75, 3.05) is 19.6 Å². The van der Waals surface area contributed by atoms with Gasteiger partial charge in [0.05, 0.1) is 11.7 Å². The van der Waals surface area contributed by atoms with Gasteiger partial charge in [0.2, 0.25) is 0 Å². The fourth-order valence-corrected chi connectivity index (χ4v) is 4.58. The van der Waals surface area contributed by atoms with Crippen molar-refractivity contribution in [2.24, 2.45) is 5.92 Å². The highest BCUT2D eigenvalue weighted by molar-refractivity contribution is 5.02. The Bertz CT molecular complexity index is 463. The van der Waals surface area contributed by atoms with Gasteiger partial charge in [-0.15, -0.1) is 0 Å². The SMILES string of the molecule is c1cn(C2CCCCC2)nc1CN1CCCC2CNCC21. The Morgan fingerprint density at radius 3 is 2.90 bits per heavy atom. The van der Waals surface area contributed by atoms with E-state index in [0.717, 1.165) is 18.5 Å². The number of hydrogen-bond acceptors (Lipinski definition) is 3. The van der Waals surface area contributed by atoms with Crippen molar-refractivity contribution in [1.29, 1.82) is 0 Å². The molecule has 0 bridgehead atoms. The Morgan fingerprint density at radius 1 is 1.10 bits per heavy atom. The highest BCUT2D eigenvalue weighted by Crippen LogP contribution is 2.29. The van der Waals surface area contributed by atoms with E-state index in [-0.39, 0.29) is 0 Å². The molecule has 2 unspecified atom stereocenters. The number of rotatable bonds is 3. The second-order valence-corrected chi connectivity index (χ2v) is 7.18. The molecule has 21 heavy (non-hydrogen) atoms. The van der Waals surface area contributed by atoms with Gasteiger partial charge in [0.1, 0.15) is 0 Å². The summed E-state index contributed by atoms with van der Waals surface area (Å²) in [6, 6.07) is 3.66. The summed E-state index contributed by atoms with van der Waals surface area (Å²) in [6.45, 7) is 4.69. The Labute approximate surface area is 127 Å². The molecule has 3 fully saturated rings. The standard InChI is InChI=1S/C17H28N4/c1-2-6-16(7-3-1)21-10-8-15(19-21)13-20-9-4-5-14-11-18-12-17(14)20/h8,10,14,16-18H,1-7,9,11-13H2. The van der Waals surface area contributed by atoms with Crippen LogP contribution in [0.25, 0.3) is 0 Å². The summed E-state index contributed by atoms with van der Waals surface area (Å²) in [5.41, 5.74) is 1.27. The zero-order chi connectivity index (χ0) is 14.1. The summed E-state index contributed by atoms with van der Waals surface area (Å²) in [4.78, 5) is 2.67. The molecule has 0 spiro atoms. The number of hydrogen-bond donors (Lipinski definition) is 1. The Hall–Kier alpha value is -0.870. The van der Waals surface area contributed by atoms with Crippen LogP contribution >= 0.6 is 0 Å². The maximum absolute atomic E-state index is 4.90. The highest BCUT2D eigenvalue weighted by Gasteiger charge is 2.35. The van der Waals surface area contributed by atoms with Gasteiger partial charge in [-0.1, -0.05) is 19.3 Å². The third-order valence-corrected chi connectivity index (χ3v) is 5.77. The minimum atomic E-state index is 0.662. The fourth-order valence-electron chi connectivity index (χ4n) is 4.58. The summed E-state index contributed by atoms with van der Waals surface area (Å²) in [5, 5.41) is 8.47. The molecule has 4 heteroatoms. The molecule has 116 valence electrons. The first-order valence-electron chi connectivity index (χ1n) is 8.89. The molecule has 2 atom stereocenters.